The molecule has 0 aromatic rings. The fraction of sp³-hybridized carbons (Fsp3) is 1.00. The first-order valence-corrected chi connectivity index (χ1v) is 4.09. The van der Waals surface area contributed by atoms with E-state index in [9.17, 15) is 0 Å². The molecule has 2 N–H and O–H groups in total. The van der Waals surface area contributed by atoms with Crippen molar-refractivity contribution in [2.24, 2.45) is 0 Å². The zero-order valence-corrected chi connectivity index (χ0v) is 7.28. The molecule has 0 spiro atoms. The molecule has 0 saturated carbocycles. The maximum Gasteiger partial charge on any atom is 0.0399 e. The van der Waals surface area contributed by atoms with Crippen LogP contribution in [-0.2, 0) is 0 Å². The molecule has 62 valence electrons. The van der Waals surface area contributed by atoms with Gasteiger partial charge in [0.05, 0.1) is 0 Å². The van der Waals surface area contributed by atoms with Gasteiger partial charge in [0.25, 0.3) is 0 Å². The summed E-state index contributed by atoms with van der Waals surface area (Å²) < 4.78 is 0. The van der Waals surface area contributed by atoms with Crippen LogP contribution in [0.15, 0.2) is 0 Å². The van der Waals surface area contributed by atoms with Crippen molar-refractivity contribution < 1.29 is 5.21 Å². The van der Waals surface area contributed by atoms with Gasteiger partial charge < -0.3 is 5.21 Å². The van der Waals surface area contributed by atoms with Crippen LogP contribution in [0.2, 0.25) is 0 Å². The number of hydrogen-bond donors (Lipinski definition) is 2. The monoisotopic (exact) mass is 145 g/mol. The lowest BCUT2D eigenvalue weighted by Crippen LogP contribution is -2.39. The number of nitrogens with one attached hydrogen (secondary N) is 1. The van der Waals surface area contributed by atoms with Gasteiger partial charge in [0.2, 0.25) is 0 Å². The van der Waals surface area contributed by atoms with E-state index in [2.05, 4.69) is 19.3 Å². The molecule has 0 radical (unpaired) electrons. The van der Waals surface area contributed by atoms with Gasteiger partial charge in [-0.1, -0.05) is 26.7 Å². The molecule has 0 aromatic carbocycles. The summed E-state index contributed by atoms with van der Waals surface area (Å²) in [6, 6.07) is 0. The van der Waals surface area contributed by atoms with Crippen molar-refractivity contribution in [3.05, 3.63) is 0 Å². The lowest BCUT2D eigenvalue weighted by molar-refractivity contribution is 0.0620. The average molecular weight is 145 g/mol. The zero-order valence-electron chi connectivity index (χ0n) is 7.28. The van der Waals surface area contributed by atoms with Gasteiger partial charge in [-0.15, -0.1) is 0 Å². The second kappa shape index (κ2) is 4.69. The van der Waals surface area contributed by atoms with Gasteiger partial charge >= 0.3 is 0 Å². The largest absolute Gasteiger partial charge is 0.316 e. The fourth-order valence-electron chi connectivity index (χ4n) is 0.879. The second-order valence-corrected chi connectivity index (χ2v) is 3.13. The molecule has 0 heterocycles. The number of unbranched alkanes of at least 4 members (excludes halogenated alkanes) is 1. The van der Waals surface area contributed by atoms with E-state index < -0.39 is 0 Å². The minimum atomic E-state index is -0.0595. The van der Waals surface area contributed by atoms with Crippen LogP contribution < -0.4 is 5.48 Å². The highest BCUT2D eigenvalue weighted by molar-refractivity contribution is 4.76. The van der Waals surface area contributed by atoms with Crippen molar-refractivity contribution in [2.45, 2.75) is 52.0 Å². The molecule has 0 aliphatic carbocycles. The van der Waals surface area contributed by atoms with Crippen LogP contribution >= 0.6 is 0 Å². The van der Waals surface area contributed by atoms with Gasteiger partial charge in [-0.3, -0.25) is 0 Å². The Labute approximate surface area is 63.6 Å². The Balaban J connectivity index is 3.58. The van der Waals surface area contributed by atoms with E-state index in [4.69, 9.17) is 5.21 Å². The molecule has 0 fully saturated rings. The summed E-state index contributed by atoms with van der Waals surface area (Å²) in [5.74, 6) is 0. The maximum atomic E-state index is 8.76. The van der Waals surface area contributed by atoms with Crippen molar-refractivity contribution in [1.82, 2.24) is 5.48 Å². The topological polar surface area (TPSA) is 32.3 Å². The number of rotatable bonds is 5. The highest BCUT2D eigenvalue weighted by atomic mass is 16.5. The minimum absolute atomic E-state index is 0.0595. The molecule has 1 atom stereocenters. The Bertz CT molecular complexity index is 79.3. The van der Waals surface area contributed by atoms with Gasteiger partial charge in [0.1, 0.15) is 0 Å². The standard InChI is InChI=1S/C8H19NO/c1-4-6-7-8(3,5-2)9-10/h9-10H,4-7H2,1-3H3. The van der Waals surface area contributed by atoms with Crippen molar-refractivity contribution in [3.63, 3.8) is 0 Å². The van der Waals surface area contributed by atoms with Crippen molar-refractivity contribution in [2.75, 3.05) is 0 Å². The normalized spacial score (nSPS) is 16.8. The van der Waals surface area contributed by atoms with E-state index in [0.717, 1.165) is 12.8 Å². The maximum absolute atomic E-state index is 8.76. The molecule has 2 nitrogen and oxygen atoms in total. The van der Waals surface area contributed by atoms with E-state index in [1.807, 2.05) is 6.92 Å². The predicted octanol–water partition coefficient (Wildman–Crippen LogP) is 2.32. The van der Waals surface area contributed by atoms with E-state index in [-0.39, 0.29) is 5.54 Å². The number of hydroxylamine groups is 1. The first kappa shape index (κ1) is 9.92. The van der Waals surface area contributed by atoms with Crippen molar-refractivity contribution in [3.8, 4) is 0 Å². The Morgan fingerprint density at radius 2 is 2.00 bits per heavy atom. The van der Waals surface area contributed by atoms with Crippen LogP contribution in [0.3, 0.4) is 0 Å². The smallest absolute Gasteiger partial charge is 0.0399 e. The van der Waals surface area contributed by atoms with Crippen molar-refractivity contribution >= 4 is 0 Å². The van der Waals surface area contributed by atoms with Crippen LogP contribution in [0.25, 0.3) is 0 Å². The minimum Gasteiger partial charge on any atom is -0.316 e. The van der Waals surface area contributed by atoms with Gasteiger partial charge in [-0.25, -0.2) is 0 Å². The van der Waals surface area contributed by atoms with Crippen LogP contribution in [-0.4, -0.2) is 10.7 Å². The third kappa shape index (κ3) is 3.18. The molecule has 0 amide bonds. The van der Waals surface area contributed by atoms with E-state index in [1.165, 1.54) is 12.8 Å². The Morgan fingerprint density at radius 3 is 2.30 bits per heavy atom. The molecular weight excluding hydrogens is 126 g/mol. The van der Waals surface area contributed by atoms with E-state index >= 15 is 0 Å². The van der Waals surface area contributed by atoms with Crippen LogP contribution in [0.5, 0.6) is 0 Å². The molecule has 1 unspecified atom stereocenters. The molecule has 0 bridgehead atoms. The first-order chi connectivity index (χ1) is 4.68. The lowest BCUT2D eigenvalue weighted by Gasteiger charge is -2.25. The molecule has 0 rings (SSSR count). The zero-order chi connectivity index (χ0) is 8.04. The summed E-state index contributed by atoms with van der Waals surface area (Å²) in [6.45, 7) is 6.29. The molecule has 0 saturated heterocycles. The molecular formula is C8H19NO. The fourth-order valence-corrected chi connectivity index (χ4v) is 0.879. The highest BCUT2D eigenvalue weighted by Gasteiger charge is 2.18. The molecule has 0 aliphatic heterocycles. The average Bonchev–Trinajstić information content (AvgIpc) is 2.00. The second-order valence-electron chi connectivity index (χ2n) is 3.13. The summed E-state index contributed by atoms with van der Waals surface area (Å²) in [5.41, 5.74) is 2.30. The summed E-state index contributed by atoms with van der Waals surface area (Å²) >= 11 is 0. The van der Waals surface area contributed by atoms with Crippen LogP contribution in [0, 0.1) is 0 Å². The summed E-state index contributed by atoms with van der Waals surface area (Å²) in [5, 5.41) is 8.76. The van der Waals surface area contributed by atoms with Gasteiger partial charge in [-0.2, -0.15) is 5.48 Å². The molecule has 0 aromatic heterocycles. The summed E-state index contributed by atoms with van der Waals surface area (Å²) in [7, 11) is 0. The first-order valence-electron chi connectivity index (χ1n) is 4.09. The SMILES string of the molecule is CCCCC(C)(CC)NO. The van der Waals surface area contributed by atoms with Crippen LogP contribution in [0.1, 0.15) is 46.5 Å². The third-order valence-corrected chi connectivity index (χ3v) is 2.13. The quantitative estimate of drug-likeness (QED) is 0.582. The van der Waals surface area contributed by atoms with Gasteiger partial charge in [0, 0.05) is 5.54 Å². The Kier molecular flexibility index (Phi) is 4.65. The van der Waals surface area contributed by atoms with Gasteiger partial charge in [-0.05, 0) is 19.8 Å². The highest BCUT2D eigenvalue weighted by Crippen LogP contribution is 2.16. The van der Waals surface area contributed by atoms with Crippen LogP contribution in [0.4, 0.5) is 0 Å². The van der Waals surface area contributed by atoms with Crippen molar-refractivity contribution in [1.29, 1.82) is 0 Å². The summed E-state index contributed by atoms with van der Waals surface area (Å²) in [6.07, 6.45) is 4.40. The molecule has 2 heteroatoms. The van der Waals surface area contributed by atoms with E-state index in [1.54, 1.807) is 0 Å². The van der Waals surface area contributed by atoms with E-state index in [0.29, 0.717) is 0 Å². The Hall–Kier alpha value is -0.0800. The molecule has 0 aliphatic rings. The Morgan fingerprint density at radius 1 is 1.40 bits per heavy atom. The lowest BCUT2D eigenvalue weighted by atomic mass is 9.93. The predicted molar refractivity (Wildman–Crippen MR) is 43.1 cm³/mol. The third-order valence-electron chi connectivity index (χ3n) is 2.13. The van der Waals surface area contributed by atoms with Gasteiger partial charge in [0.15, 0.2) is 0 Å². The number of hydrogen-bond acceptors (Lipinski definition) is 2. The summed E-state index contributed by atoms with van der Waals surface area (Å²) in [4.78, 5) is 0. The molecule has 10 heavy (non-hydrogen) atoms.